The Balaban J connectivity index is 2.28. The van der Waals surface area contributed by atoms with Crippen molar-refractivity contribution in [1.29, 1.82) is 0 Å². The van der Waals surface area contributed by atoms with Crippen LogP contribution in [0.3, 0.4) is 0 Å². The van der Waals surface area contributed by atoms with E-state index in [2.05, 4.69) is 21.4 Å². The fourth-order valence-corrected chi connectivity index (χ4v) is 2.77. The SMILES string of the molecule is Cc1c(Cl)cccc1C(Cc1ccc(F)c(Br)c1)NN. The van der Waals surface area contributed by atoms with E-state index in [1.165, 1.54) is 6.07 Å². The van der Waals surface area contributed by atoms with Crippen LogP contribution in [0, 0.1) is 12.7 Å². The topological polar surface area (TPSA) is 38.0 Å². The summed E-state index contributed by atoms with van der Waals surface area (Å²) in [6.07, 6.45) is 0.649. The van der Waals surface area contributed by atoms with Crippen molar-refractivity contribution in [3.8, 4) is 0 Å². The maximum atomic E-state index is 13.3. The number of nitrogens with two attached hydrogens (primary N) is 1. The summed E-state index contributed by atoms with van der Waals surface area (Å²) in [5, 5.41) is 0.711. The first-order valence-electron chi connectivity index (χ1n) is 6.18. The van der Waals surface area contributed by atoms with Crippen LogP contribution in [0.5, 0.6) is 0 Å². The summed E-state index contributed by atoms with van der Waals surface area (Å²) in [7, 11) is 0. The molecule has 2 nitrogen and oxygen atoms in total. The molecule has 2 aromatic carbocycles. The highest BCUT2D eigenvalue weighted by molar-refractivity contribution is 9.10. The second kappa shape index (κ2) is 6.68. The summed E-state index contributed by atoms with van der Waals surface area (Å²) in [4.78, 5) is 0. The lowest BCUT2D eigenvalue weighted by molar-refractivity contribution is 0.548. The average Bonchev–Trinajstić information content (AvgIpc) is 2.43. The Morgan fingerprint density at radius 2 is 2.10 bits per heavy atom. The maximum Gasteiger partial charge on any atom is 0.137 e. The van der Waals surface area contributed by atoms with Gasteiger partial charge in [-0.2, -0.15) is 0 Å². The van der Waals surface area contributed by atoms with E-state index in [1.54, 1.807) is 12.1 Å². The lowest BCUT2D eigenvalue weighted by atomic mass is 9.96. The van der Waals surface area contributed by atoms with E-state index in [4.69, 9.17) is 17.4 Å². The van der Waals surface area contributed by atoms with Gasteiger partial charge in [-0.05, 0) is 64.2 Å². The molecule has 0 saturated heterocycles. The summed E-state index contributed by atoms with van der Waals surface area (Å²) in [6, 6.07) is 10.6. The second-order valence-electron chi connectivity index (χ2n) is 4.63. The quantitative estimate of drug-likeness (QED) is 0.632. The Bertz CT molecular complexity index is 619. The fraction of sp³-hybridized carbons (Fsp3) is 0.200. The highest BCUT2D eigenvalue weighted by atomic mass is 79.9. The van der Waals surface area contributed by atoms with Crippen molar-refractivity contribution < 1.29 is 4.39 Å². The molecule has 2 aromatic rings. The molecule has 0 aliphatic heterocycles. The van der Waals surface area contributed by atoms with Crippen LogP contribution in [0.15, 0.2) is 40.9 Å². The molecule has 0 bridgehead atoms. The Kier molecular flexibility index (Phi) is 5.16. The largest absolute Gasteiger partial charge is 0.271 e. The van der Waals surface area contributed by atoms with Gasteiger partial charge in [0.2, 0.25) is 0 Å². The zero-order valence-corrected chi connectivity index (χ0v) is 13.3. The number of nitrogens with one attached hydrogen (secondary N) is 1. The molecule has 0 amide bonds. The molecule has 3 N–H and O–H groups in total. The van der Waals surface area contributed by atoms with E-state index in [0.29, 0.717) is 15.9 Å². The van der Waals surface area contributed by atoms with Crippen LogP contribution >= 0.6 is 27.5 Å². The zero-order valence-electron chi connectivity index (χ0n) is 11.0. The first-order valence-corrected chi connectivity index (χ1v) is 7.35. The Morgan fingerprint density at radius 1 is 1.35 bits per heavy atom. The Labute approximate surface area is 131 Å². The van der Waals surface area contributed by atoms with Crippen LogP contribution in [0.4, 0.5) is 4.39 Å². The van der Waals surface area contributed by atoms with Crippen molar-refractivity contribution in [3.05, 3.63) is 68.4 Å². The molecule has 0 radical (unpaired) electrons. The Morgan fingerprint density at radius 3 is 2.75 bits per heavy atom. The minimum atomic E-state index is -0.273. The Hall–Kier alpha value is -0.940. The monoisotopic (exact) mass is 356 g/mol. The number of rotatable bonds is 4. The summed E-state index contributed by atoms with van der Waals surface area (Å²) >= 11 is 9.33. The minimum Gasteiger partial charge on any atom is -0.271 e. The van der Waals surface area contributed by atoms with Gasteiger partial charge in [0.15, 0.2) is 0 Å². The van der Waals surface area contributed by atoms with Gasteiger partial charge < -0.3 is 0 Å². The molecule has 0 spiro atoms. The molecular formula is C15H15BrClFN2. The van der Waals surface area contributed by atoms with Crippen molar-refractivity contribution in [1.82, 2.24) is 5.43 Å². The molecule has 1 unspecified atom stereocenters. The normalized spacial score (nSPS) is 12.4. The van der Waals surface area contributed by atoms with Gasteiger partial charge in [0.05, 0.1) is 10.5 Å². The summed E-state index contributed by atoms with van der Waals surface area (Å²) in [6.45, 7) is 1.96. The van der Waals surface area contributed by atoms with E-state index >= 15 is 0 Å². The van der Waals surface area contributed by atoms with Crippen molar-refractivity contribution in [2.45, 2.75) is 19.4 Å². The van der Waals surface area contributed by atoms with Gasteiger partial charge >= 0.3 is 0 Å². The molecule has 0 aliphatic carbocycles. The number of hydrogen-bond donors (Lipinski definition) is 2. The molecule has 0 aromatic heterocycles. The lowest BCUT2D eigenvalue weighted by Gasteiger charge is -2.19. The summed E-state index contributed by atoms with van der Waals surface area (Å²) < 4.78 is 13.7. The second-order valence-corrected chi connectivity index (χ2v) is 5.89. The van der Waals surface area contributed by atoms with Crippen LogP contribution in [0.2, 0.25) is 5.02 Å². The van der Waals surface area contributed by atoms with Gasteiger partial charge in [0, 0.05) is 5.02 Å². The number of benzene rings is 2. The van der Waals surface area contributed by atoms with E-state index in [9.17, 15) is 4.39 Å². The van der Waals surface area contributed by atoms with Crippen LogP contribution < -0.4 is 11.3 Å². The highest BCUT2D eigenvalue weighted by Crippen LogP contribution is 2.27. The van der Waals surface area contributed by atoms with E-state index in [1.807, 2.05) is 25.1 Å². The van der Waals surface area contributed by atoms with Crippen molar-refractivity contribution in [3.63, 3.8) is 0 Å². The summed E-state index contributed by atoms with van der Waals surface area (Å²) in [5.41, 5.74) is 5.83. The van der Waals surface area contributed by atoms with Gasteiger partial charge in [-0.25, -0.2) is 4.39 Å². The van der Waals surface area contributed by atoms with Crippen LogP contribution in [0.25, 0.3) is 0 Å². The molecule has 0 heterocycles. The standard InChI is InChI=1S/C15H15BrClFN2/c1-9-11(3-2-4-13(9)17)15(20-19)8-10-5-6-14(18)12(16)7-10/h2-7,15,20H,8,19H2,1H3. The predicted octanol–water partition coefficient (Wildman–Crippen LogP) is 4.30. The molecule has 5 heteroatoms. The number of halogens is 3. The van der Waals surface area contributed by atoms with E-state index in [-0.39, 0.29) is 11.9 Å². The van der Waals surface area contributed by atoms with Crippen molar-refractivity contribution in [2.75, 3.05) is 0 Å². The number of hydrazine groups is 1. The smallest absolute Gasteiger partial charge is 0.137 e. The molecule has 1 atom stereocenters. The van der Waals surface area contributed by atoms with E-state index in [0.717, 1.165) is 16.7 Å². The maximum absolute atomic E-state index is 13.3. The zero-order chi connectivity index (χ0) is 14.7. The van der Waals surface area contributed by atoms with Gasteiger partial charge in [-0.1, -0.05) is 29.8 Å². The molecule has 0 fully saturated rings. The third-order valence-corrected chi connectivity index (χ3v) is 4.33. The van der Waals surface area contributed by atoms with Crippen LogP contribution in [-0.4, -0.2) is 0 Å². The minimum absolute atomic E-state index is 0.0777. The molecule has 0 saturated carbocycles. The molecule has 0 aliphatic rings. The molecule has 106 valence electrons. The van der Waals surface area contributed by atoms with Gasteiger partial charge in [-0.15, -0.1) is 0 Å². The molecule has 2 rings (SSSR count). The van der Waals surface area contributed by atoms with Crippen molar-refractivity contribution >= 4 is 27.5 Å². The fourth-order valence-electron chi connectivity index (χ4n) is 2.16. The third-order valence-electron chi connectivity index (χ3n) is 3.31. The average molecular weight is 358 g/mol. The van der Waals surface area contributed by atoms with Gasteiger partial charge in [0.1, 0.15) is 5.82 Å². The van der Waals surface area contributed by atoms with Gasteiger partial charge in [0.25, 0.3) is 0 Å². The first kappa shape index (κ1) is 15.4. The van der Waals surface area contributed by atoms with Crippen LogP contribution in [0.1, 0.15) is 22.7 Å². The lowest BCUT2D eigenvalue weighted by Crippen LogP contribution is -2.30. The van der Waals surface area contributed by atoms with Gasteiger partial charge in [-0.3, -0.25) is 11.3 Å². The highest BCUT2D eigenvalue weighted by Gasteiger charge is 2.15. The van der Waals surface area contributed by atoms with Crippen molar-refractivity contribution in [2.24, 2.45) is 5.84 Å². The summed E-state index contributed by atoms with van der Waals surface area (Å²) in [5.74, 6) is 5.39. The number of hydrogen-bond acceptors (Lipinski definition) is 2. The third kappa shape index (κ3) is 3.38. The van der Waals surface area contributed by atoms with Crippen LogP contribution in [-0.2, 0) is 6.42 Å². The molecule has 20 heavy (non-hydrogen) atoms. The van der Waals surface area contributed by atoms with E-state index < -0.39 is 0 Å². The predicted molar refractivity (Wildman–Crippen MR) is 84.1 cm³/mol. The first-order chi connectivity index (χ1) is 9.52. The molecular weight excluding hydrogens is 343 g/mol.